The minimum atomic E-state index is -0.0447. The summed E-state index contributed by atoms with van der Waals surface area (Å²) >= 11 is 0. The number of rotatable bonds is 3. The van der Waals surface area contributed by atoms with Gasteiger partial charge in [0, 0.05) is 18.5 Å². The minimum Gasteiger partial charge on any atom is -0.396 e. The van der Waals surface area contributed by atoms with Crippen molar-refractivity contribution in [2.24, 2.45) is 5.41 Å². The molecule has 0 bridgehead atoms. The van der Waals surface area contributed by atoms with Crippen molar-refractivity contribution in [3.63, 3.8) is 0 Å². The molecule has 1 heterocycles. The van der Waals surface area contributed by atoms with Crippen LogP contribution in [0.3, 0.4) is 0 Å². The van der Waals surface area contributed by atoms with E-state index in [0.29, 0.717) is 0 Å². The monoisotopic (exact) mass is 179 g/mol. The summed E-state index contributed by atoms with van der Waals surface area (Å²) in [6.45, 7) is 6.28. The fraction of sp³-hybridized carbons (Fsp3) is 0.545. The highest BCUT2D eigenvalue weighted by molar-refractivity contribution is 5.14. The van der Waals surface area contributed by atoms with Crippen LogP contribution < -0.4 is 0 Å². The average Bonchev–Trinajstić information content (AvgIpc) is 2.09. The van der Waals surface area contributed by atoms with Gasteiger partial charge in [0.15, 0.2) is 0 Å². The molecule has 0 aliphatic rings. The van der Waals surface area contributed by atoms with Gasteiger partial charge >= 0.3 is 0 Å². The lowest BCUT2D eigenvalue weighted by atomic mass is 9.87. The van der Waals surface area contributed by atoms with E-state index in [1.807, 2.05) is 33.0 Å². The number of pyridine rings is 1. The summed E-state index contributed by atoms with van der Waals surface area (Å²) in [5.41, 5.74) is 2.17. The first-order valence-electron chi connectivity index (χ1n) is 4.56. The summed E-state index contributed by atoms with van der Waals surface area (Å²) in [7, 11) is 0. The standard InChI is InChI=1S/C11H17NO/c1-9-4-5-10(7-12-9)6-11(2,3)8-13/h4-5,7,13H,6,8H2,1-3H3. The van der Waals surface area contributed by atoms with Gasteiger partial charge in [-0.1, -0.05) is 19.9 Å². The summed E-state index contributed by atoms with van der Waals surface area (Å²) in [4.78, 5) is 4.22. The summed E-state index contributed by atoms with van der Waals surface area (Å²) in [6, 6.07) is 4.07. The Morgan fingerprint density at radius 2 is 2.08 bits per heavy atom. The number of aryl methyl sites for hydroxylation is 1. The Balaban J connectivity index is 2.69. The third-order valence-electron chi connectivity index (χ3n) is 2.08. The molecular formula is C11H17NO. The predicted octanol–water partition coefficient (Wildman–Crippen LogP) is 1.95. The molecule has 72 valence electrons. The maximum Gasteiger partial charge on any atom is 0.0485 e. The molecule has 0 saturated carbocycles. The second-order valence-corrected chi connectivity index (χ2v) is 4.31. The van der Waals surface area contributed by atoms with Crippen molar-refractivity contribution in [2.45, 2.75) is 27.2 Å². The van der Waals surface area contributed by atoms with Crippen LogP contribution >= 0.6 is 0 Å². The summed E-state index contributed by atoms with van der Waals surface area (Å²) < 4.78 is 0. The zero-order valence-corrected chi connectivity index (χ0v) is 8.54. The highest BCUT2D eigenvalue weighted by Crippen LogP contribution is 2.20. The average molecular weight is 179 g/mol. The number of hydrogen-bond acceptors (Lipinski definition) is 2. The van der Waals surface area contributed by atoms with Crippen LogP contribution in [0.25, 0.3) is 0 Å². The number of hydrogen-bond donors (Lipinski definition) is 1. The minimum absolute atomic E-state index is 0.0447. The van der Waals surface area contributed by atoms with E-state index in [4.69, 9.17) is 5.11 Å². The van der Waals surface area contributed by atoms with E-state index < -0.39 is 0 Å². The van der Waals surface area contributed by atoms with Crippen LogP contribution in [0, 0.1) is 12.3 Å². The Morgan fingerprint density at radius 3 is 2.54 bits per heavy atom. The Bertz CT molecular complexity index is 264. The van der Waals surface area contributed by atoms with E-state index in [1.165, 1.54) is 5.56 Å². The van der Waals surface area contributed by atoms with Gasteiger partial charge in [-0.05, 0) is 30.4 Å². The maximum absolute atomic E-state index is 9.09. The van der Waals surface area contributed by atoms with Crippen molar-refractivity contribution >= 4 is 0 Å². The van der Waals surface area contributed by atoms with Crippen LogP contribution in [-0.2, 0) is 6.42 Å². The number of aromatic nitrogens is 1. The summed E-state index contributed by atoms with van der Waals surface area (Å²) in [5, 5.41) is 9.09. The molecule has 0 unspecified atom stereocenters. The highest BCUT2D eigenvalue weighted by Gasteiger charge is 2.16. The normalized spacial score (nSPS) is 11.7. The zero-order valence-electron chi connectivity index (χ0n) is 8.54. The van der Waals surface area contributed by atoms with Gasteiger partial charge in [-0.2, -0.15) is 0 Å². The first-order valence-corrected chi connectivity index (χ1v) is 4.56. The molecule has 0 fully saturated rings. The number of nitrogens with zero attached hydrogens (tertiary/aromatic N) is 1. The smallest absolute Gasteiger partial charge is 0.0485 e. The van der Waals surface area contributed by atoms with E-state index in [9.17, 15) is 0 Å². The second kappa shape index (κ2) is 3.88. The molecule has 13 heavy (non-hydrogen) atoms. The molecule has 1 aromatic heterocycles. The first-order chi connectivity index (χ1) is 6.03. The molecule has 0 radical (unpaired) electrons. The van der Waals surface area contributed by atoms with Gasteiger partial charge < -0.3 is 5.11 Å². The molecule has 0 spiro atoms. The summed E-state index contributed by atoms with van der Waals surface area (Å²) in [5.74, 6) is 0. The van der Waals surface area contributed by atoms with Crippen molar-refractivity contribution in [1.29, 1.82) is 0 Å². The van der Waals surface area contributed by atoms with Crippen LogP contribution in [0.4, 0.5) is 0 Å². The quantitative estimate of drug-likeness (QED) is 0.769. The Morgan fingerprint density at radius 1 is 1.38 bits per heavy atom. The lowest BCUT2D eigenvalue weighted by Gasteiger charge is -2.21. The lowest BCUT2D eigenvalue weighted by molar-refractivity contribution is 0.159. The van der Waals surface area contributed by atoms with Gasteiger partial charge in [-0.25, -0.2) is 0 Å². The molecule has 2 heteroatoms. The van der Waals surface area contributed by atoms with E-state index in [-0.39, 0.29) is 12.0 Å². The molecule has 0 aliphatic carbocycles. The molecule has 1 rings (SSSR count). The zero-order chi connectivity index (χ0) is 9.90. The maximum atomic E-state index is 9.09. The van der Waals surface area contributed by atoms with E-state index >= 15 is 0 Å². The molecular weight excluding hydrogens is 162 g/mol. The molecule has 2 nitrogen and oxygen atoms in total. The van der Waals surface area contributed by atoms with Crippen LogP contribution in [0.5, 0.6) is 0 Å². The fourth-order valence-corrected chi connectivity index (χ4v) is 1.21. The molecule has 1 aromatic rings. The van der Waals surface area contributed by atoms with Crippen molar-refractivity contribution in [3.8, 4) is 0 Å². The van der Waals surface area contributed by atoms with Gasteiger partial charge in [0.25, 0.3) is 0 Å². The van der Waals surface area contributed by atoms with Crippen LogP contribution in [-0.4, -0.2) is 16.7 Å². The fourth-order valence-electron chi connectivity index (χ4n) is 1.21. The van der Waals surface area contributed by atoms with Gasteiger partial charge in [0.1, 0.15) is 0 Å². The van der Waals surface area contributed by atoms with Gasteiger partial charge in [0.05, 0.1) is 0 Å². The molecule has 0 saturated heterocycles. The summed E-state index contributed by atoms with van der Waals surface area (Å²) in [6.07, 6.45) is 2.75. The molecule has 0 amide bonds. The van der Waals surface area contributed by atoms with Crippen LogP contribution in [0.1, 0.15) is 25.1 Å². The molecule has 1 N–H and O–H groups in total. The lowest BCUT2D eigenvalue weighted by Crippen LogP contribution is -2.19. The Hall–Kier alpha value is -0.890. The first kappa shape index (κ1) is 10.2. The molecule has 0 aliphatic heterocycles. The number of aliphatic hydroxyl groups excluding tert-OH is 1. The Kier molecular flexibility index (Phi) is 3.04. The highest BCUT2D eigenvalue weighted by atomic mass is 16.3. The van der Waals surface area contributed by atoms with E-state index in [1.54, 1.807) is 0 Å². The predicted molar refractivity (Wildman–Crippen MR) is 53.5 cm³/mol. The van der Waals surface area contributed by atoms with Crippen LogP contribution in [0.2, 0.25) is 0 Å². The third-order valence-corrected chi connectivity index (χ3v) is 2.08. The van der Waals surface area contributed by atoms with Crippen molar-refractivity contribution in [1.82, 2.24) is 4.98 Å². The topological polar surface area (TPSA) is 33.1 Å². The van der Waals surface area contributed by atoms with Crippen molar-refractivity contribution in [3.05, 3.63) is 29.6 Å². The van der Waals surface area contributed by atoms with Crippen molar-refractivity contribution in [2.75, 3.05) is 6.61 Å². The third kappa shape index (κ3) is 3.15. The van der Waals surface area contributed by atoms with E-state index in [0.717, 1.165) is 12.1 Å². The second-order valence-electron chi connectivity index (χ2n) is 4.31. The van der Waals surface area contributed by atoms with Gasteiger partial charge in [-0.3, -0.25) is 4.98 Å². The molecule has 0 atom stereocenters. The molecule has 0 aromatic carbocycles. The van der Waals surface area contributed by atoms with Crippen molar-refractivity contribution < 1.29 is 5.11 Å². The Labute approximate surface area is 79.6 Å². The SMILES string of the molecule is Cc1ccc(CC(C)(C)CO)cn1. The van der Waals surface area contributed by atoms with Crippen LogP contribution in [0.15, 0.2) is 18.3 Å². The largest absolute Gasteiger partial charge is 0.396 e. The van der Waals surface area contributed by atoms with E-state index in [2.05, 4.69) is 11.1 Å². The van der Waals surface area contributed by atoms with Gasteiger partial charge in [0.2, 0.25) is 0 Å². The number of aliphatic hydroxyl groups is 1. The van der Waals surface area contributed by atoms with Gasteiger partial charge in [-0.15, -0.1) is 0 Å².